The summed E-state index contributed by atoms with van der Waals surface area (Å²) in [5.41, 5.74) is 0.229. The summed E-state index contributed by atoms with van der Waals surface area (Å²) in [5, 5.41) is 22.2. The van der Waals surface area contributed by atoms with Crippen LogP contribution in [0.15, 0.2) is 80.7 Å². The molecule has 198 valence electrons. The quantitative estimate of drug-likeness (QED) is 0.311. The number of aromatic nitrogens is 1. The lowest BCUT2D eigenvalue weighted by atomic mass is 9.86. The van der Waals surface area contributed by atoms with Gasteiger partial charge in [0.05, 0.1) is 26.2 Å². The van der Waals surface area contributed by atoms with Gasteiger partial charge in [-0.15, -0.1) is 0 Å². The SMILES string of the molecule is COC(=O)C[C@H](c1cc2ccc(OC)cc2n(C)c1=O)c1c(O)cc(O)c2c(=O)cc(-c3ccccc3)oc12. The minimum absolute atomic E-state index is 0.00745. The van der Waals surface area contributed by atoms with Gasteiger partial charge in [-0.3, -0.25) is 14.4 Å². The van der Waals surface area contributed by atoms with Gasteiger partial charge in [-0.1, -0.05) is 30.3 Å². The maximum absolute atomic E-state index is 13.7. The molecule has 0 spiro atoms. The fourth-order valence-corrected chi connectivity index (χ4v) is 4.87. The van der Waals surface area contributed by atoms with Gasteiger partial charge in [-0.2, -0.15) is 0 Å². The van der Waals surface area contributed by atoms with Crippen molar-refractivity contribution >= 4 is 27.8 Å². The Hall–Kier alpha value is -5.05. The van der Waals surface area contributed by atoms with E-state index in [1.54, 1.807) is 55.6 Å². The molecular formula is C30H25NO8. The van der Waals surface area contributed by atoms with Gasteiger partial charge in [0.2, 0.25) is 0 Å². The Balaban J connectivity index is 1.86. The van der Waals surface area contributed by atoms with Crippen molar-refractivity contribution in [3.05, 3.63) is 98.4 Å². The molecule has 0 aliphatic carbocycles. The highest BCUT2D eigenvalue weighted by atomic mass is 16.5. The van der Waals surface area contributed by atoms with Gasteiger partial charge >= 0.3 is 5.97 Å². The Morgan fingerprint density at radius 3 is 2.41 bits per heavy atom. The molecule has 9 nitrogen and oxygen atoms in total. The number of phenolic OH excluding ortho intramolecular Hbond substituents is 2. The van der Waals surface area contributed by atoms with Crippen LogP contribution in [0.25, 0.3) is 33.2 Å². The molecule has 2 N–H and O–H groups in total. The lowest BCUT2D eigenvalue weighted by molar-refractivity contribution is -0.140. The van der Waals surface area contributed by atoms with E-state index in [0.29, 0.717) is 22.2 Å². The zero-order valence-corrected chi connectivity index (χ0v) is 21.4. The van der Waals surface area contributed by atoms with Crippen molar-refractivity contribution in [3.8, 4) is 28.6 Å². The van der Waals surface area contributed by atoms with Crippen LogP contribution in [0, 0.1) is 0 Å². The van der Waals surface area contributed by atoms with Gasteiger partial charge in [0.25, 0.3) is 5.56 Å². The van der Waals surface area contributed by atoms with Gasteiger partial charge in [-0.05, 0) is 23.6 Å². The molecule has 39 heavy (non-hydrogen) atoms. The van der Waals surface area contributed by atoms with Gasteiger partial charge in [0.15, 0.2) is 5.43 Å². The van der Waals surface area contributed by atoms with Crippen LogP contribution in [0.5, 0.6) is 17.2 Å². The van der Waals surface area contributed by atoms with Crippen molar-refractivity contribution in [1.29, 1.82) is 0 Å². The molecule has 0 aliphatic rings. The number of aryl methyl sites for hydroxylation is 1. The second kappa shape index (κ2) is 10.0. The van der Waals surface area contributed by atoms with Crippen molar-refractivity contribution in [3.63, 3.8) is 0 Å². The fraction of sp³-hybridized carbons (Fsp3) is 0.167. The molecular weight excluding hydrogens is 502 g/mol. The van der Waals surface area contributed by atoms with Crippen LogP contribution in [-0.4, -0.2) is 35.0 Å². The first-order chi connectivity index (χ1) is 18.7. The summed E-state index contributed by atoms with van der Waals surface area (Å²) in [6, 6.07) is 18.0. The monoisotopic (exact) mass is 527 g/mol. The lowest BCUT2D eigenvalue weighted by Crippen LogP contribution is -2.25. The molecule has 5 rings (SSSR count). The van der Waals surface area contributed by atoms with Gasteiger partial charge in [0.1, 0.15) is 34.0 Å². The Kier molecular flexibility index (Phi) is 6.57. The minimum Gasteiger partial charge on any atom is -0.507 e. The summed E-state index contributed by atoms with van der Waals surface area (Å²) in [4.78, 5) is 39.5. The third kappa shape index (κ3) is 4.48. The van der Waals surface area contributed by atoms with E-state index in [4.69, 9.17) is 13.9 Å². The van der Waals surface area contributed by atoms with Gasteiger partial charge < -0.3 is 28.7 Å². The maximum Gasteiger partial charge on any atom is 0.306 e. The number of esters is 1. The molecule has 3 aromatic carbocycles. The number of methoxy groups -OCH3 is 2. The second-order valence-corrected chi connectivity index (χ2v) is 9.09. The third-order valence-corrected chi connectivity index (χ3v) is 6.84. The molecule has 9 heteroatoms. The molecule has 0 aliphatic heterocycles. The lowest BCUT2D eigenvalue weighted by Gasteiger charge is -2.21. The highest BCUT2D eigenvalue weighted by molar-refractivity contribution is 5.91. The van der Waals surface area contributed by atoms with Gasteiger partial charge in [0, 0.05) is 47.9 Å². The van der Waals surface area contributed by atoms with Crippen molar-refractivity contribution in [2.45, 2.75) is 12.3 Å². The second-order valence-electron chi connectivity index (χ2n) is 9.09. The van der Waals surface area contributed by atoms with E-state index >= 15 is 0 Å². The summed E-state index contributed by atoms with van der Waals surface area (Å²) in [7, 11) is 4.33. The molecule has 0 radical (unpaired) electrons. The number of carbonyl (C=O) groups excluding carboxylic acids is 1. The molecule has 2 heterocycles. The van der Waals surface area contributed by atoms with Crippen LogP contribution >= 0.6 is 0 Å². The van der Waals surface area contributed by atoms with Crippen LogP contribution in [0.4, 0.5) is 0 Å². The predicted octanol–water partition coefficient (Wildman–Crippen LogP) is 4.43. The minimum atomic E-state index is -1.08. The first-order valence-corrected chi connectivity index (χ1v) is 12.1. The highest BCUT2D eigenvalue weighted by Crippen LogP contribution is 2.42. The standard InChI is InChI=1S/C30H25NO8/c1-31-21-12-18(37-2)10-9-17(21)11-20(30(31)36)19(13-26(35)38-3)27-22(32)14-23(33)28-24(34)15-25(39-29(27)28)16-7-5-4-6-8-16/h4-12,14-15,19,32-33H,13H2,1-3H3/t19-/m1/s1. The number of pyridine rings is 1. The van der Waals surface area contributed by atoms with Gasteiger partial charge in [-0.25, -0.2) is 0 Å². The summed E-state index contributed by atoms with van der Waals surface area (Å²) >= 11 is 0. The van der Waals surface area contributed by atoms with Crippen molar-refractivity contribution in [1.82, 2.24) is 4.57 Å². The van der Waals surface area contributed by atoms with Crippen LogP contribution < -0.4 is 15.7 Å². The van der Waals surface area contributed by atoms with Crippen molar-refractivity contribution < 1.29 is 28.9 Å². The number of nitrogens with zero attached hydrogens (tertiary/aromatic N) is 1. The number of fused-ring (bicyclic) bond motifs is 2. The van der Waals surface area contributed by atoms with E-state index in [0.717, 1.165) is 6.07 Å². The number of aromatic hydroxyl groups is 2. The third-order valence-electron chi connectivity index (χ3n) is 6.84. The van der Waals surface area contributed by atoms with Crippen LogP contribution in [-0.2, 0) is 16.6 Å². The Morgan fingerprint density at radius 1 is 0.974 bits per heavy atom. The van der Waals surface area contributed by atoms with E-state index in [2.05, 4.69) is 0 Å². The molecule has 5 aromatic rings. The highest BCUT2D eigenvalue weighted by Gasteiger charge is 2.30. The predicted molar refractivity (Wildman–Crippen MR) is 145 cm³/mol. The average Bonchev–Trinajstić information content (AvgIpc) is 2.94. The number of rotatable bonds is 6. The van der Waals surface area contributed by atoms with E-state index in [9.17, 15) is 24.6 Å². The van der Waals surface area contributed by atoms with Crippen LogP contribution in [0.3, 0.4) is 0 Å². The molecule has 0 unspecified atom stereocenters. The summed E-state index contributed by atoms with van der Waals surface area (Å²) in [5.74, 6) is -1.92. The molecule has 0 amide bonds. The zero-order chi connectivity index (χ0) is 27.8. The largest absolute Gasteiger partial charge is 0.507 e. The average molecular weight is 528 g/mol. The molecule has 0 fully saturated rings. The van der Waals surface area contributed by atoms with Crippen LogP contribution in [0.1, 0.15) is 23.5 Å². The Bertz CT molecular complexity index is 1850. The molecule has 1 atom stereocenters. The summed E-state index contributed by atoms with van der Waals surface area (Å²) in [6.07, 6.45) is -0.347. The van der Waals surface area contributed by atoms with Crippen LogP contribution in [0.2, 0.25) is 0 Å². The van der Waals surface area contributed by atoms with E-state index in [-0.39, 0.29) is 34.3 Å². The first kappa shape index (κ1) is 25.6. The number of hydrogen-bond donors (Lipinski definition) is 2. The topological polar surface area (TPSA) is 128 Å². The number of benzene rings is 3. The van der Waals surface area contributed by atoms with Crippen molar-refractivity contribution in [2.75, 3.05) is 14.2 Å². The molecule has 2 aromatic heterocycles. The first-order valence-electron chi connectivity index (χ1n) is 12.1. The molecule has 0 saturated heterocycles. The molecule has 0 bridgehead atoms. The van der Waals surface area contributed by atoms with E-state index in [1.165, 1.54) is 24.9 Å². The summed E-state index contributed by atoms with van der Waals surface area (Å²) in [6.45, 7) is 0. The summed E-state index contributed by atoms with van der Waals surface area (Å²) < 4.78 is 17.8. The smallest absolute Gasteiger partial charge is 0.306 e. The number of carbonyl (C=O) groups is 1. The maximum atomic E-state index is 13.7. The Labute approximate surface area is 222 Å². The zero-order valence-electron chi connectivity index (χ0n) is 21.4. The normalized spacial score (nSPS) is 12.0. The molecule has 0 saturated carbocycles. The van der Waals surface area contributed by atoms with Crippen molar-refractivity contribution in [2.24, 2.45) is 7.05 Å². The Morgan fingerprint density at radius 2 is 1.72 bits per heavy atom. The fourth-order valence-electron chi connectivity index (χ4n) is 4.87. The van der Waals surface area contributed by atoms with E-state index in [1.807, 2.05) is 6.07 Å². The van der Waals surface area contributed by atoms with E-state index < -0.39 is 34.4 Å². The number of ether oxygens (including phenoxy) is 2. The number of hydrogen-bond acceptors (Lipinski definition) is 8. The number of phenols is 2.